The summed E-state index contributed by atoms with van der Waals surface area (Å²) >= 11 is 1.03. The van der Waals surface area contributed by atoms with E-state index in [2.05, 4.69) is 53.0 Å². The zero-order valence-corrected chi connectivity index (χ0v) is 56.2. The van der Waals surface area contributed by atoms with Gasteiger partial charge in [-0.25, -0.2) is 23.4 Å². The predicted molar refractivity (Wildman–Crippen MR) is 343 cm³/mol. The number of nitrogens with zero attached hydrogens (tertiary/aromatic N) is 3. The van der Waals surface area contributed by atoms with Crippen LogP contribution < -0.4 is 47.9 Å². The molecule has 2 atom stereocenters. The molecule has 0 spiro atoms. The second-order valence-corrected chi connectivity index (χ2v) is 23.2. The lowest BCUT2D eigenvalue weighted by Gasteiger charge is -2.37. The van der Waals surface area contributed by atoms with E-state index >= 15 is 4.39 Å². The number of rotatable bonds is 50. The summed E-state index contributed by atoms with van der Waals surface area (Å²) in [5.41, 5.74) is 0.202. The molecule has 1 unspecified atom stereocenters. The third-order valence-electron chi connectivity index (χ3n) is 12.9. The van der Waals surface area contributed by atoms with E-state index in [1.807, 2.05) is 20.8 Å². The lowest BCUT2D eigenvalue weighted by atomic mass is 9.92. The minimum atomic E-state index is -1.52. The number of methoxy groups -OCH3 is 1. The first-order valence-electron chi connectivity index (χ1n) is 31.1. The molecule has 1 heterocycles. The molecule has 11 amide bonds. The van der Waals surface area contributed by atoms with Gasteiger partial charge in [-0.05, 0) is 42.0 Å². The fourth-order valence-electron chi connectivity index (χ4n) is 8.10. The van der Waals surface area contributed by atoms with Gasteiger partial charge in [0, 0.05) is 65.2 Å². The van der Waals surface area contributed by atoms with Crippen molar-refractivity contribution in [3.05, 3.63) is 71.3 Å². The Kier molecular flexibility index (Phi) is 41.3. The number of ether oxygens (including phenoxy) is 9. The maximum absolute atomic E-state index is 15.1. The lowest BCUT2D eigenvalue weighted by Crippen LogP contribution is -2.53. The molecular formula is C61H94F2N12O20S. The maximum Gasteiger partial charge on any atom is 0.407 e. The Labute approximate surface area is 561 Å². The molecule has 0 aliphatic carbocycles. The van der Waals surface area contributed by atoms with Crippen LogP contribution in [0.25, 0.3) is 0 Å². The highest BCUT2D eigenvalue weighted by Gasteiger charge is 2.50. The van der Waals surface area contributed by atoms with Crippen molar-refractivity contribution in [3.63, 3.8) is 0 Å². The largest absolute Gasteiger partial charge is 0.447 e. The Bertz CT molecular complexity index is 2760. The number of hydrogen-bond acceptors (Lipinski definition) is 22. The van der Waals surface area contributed by atoms with Crippen molar-refractivity contribution < 1.29 is 104 Å². The number of hydroxylamine groups is 2. The summed E-state index contributed by atoms with van der Waals surface area (Å²) < 4.78 is 77.9. The molecule has 3 rings (SSSR count). The van der Waals surface area contributed by atoms with Gasteiger partial charge in [0.25, 0.3) is 0 Å². The van der Waals surface area contributed by atoms with Crippen LogP contribution in [0.15, 0.2) is 53.6 Å². The number of amides is 11. The third-order valence-corrected chi connectivity index (χ3v) is 14.4. The van der Waals surface area contributed by atoms with Crippen molar-refractivity contribution in [1.82, 2.24) is 57.9 Å². The summed E-state index contributed by atoms with van der Waals surface area (Å²) in [4.78, 5) is 131. The molecule has 2 aromatic rings. The molecule has 538 valence electrons. The van der Waals surface area contributed by atoms with Gasteiger partial charge in [0.05, 0.1) is 132 Å². The van der Waals surface area contributed by atoms with Gasteiger partial charge in [-0.1, -0.05) is 62.9 Å². The van der Waals surface area contributed by atoms with E-state index in [0.717, 1.165) is 40.0 Å². The summed E-state index contributed by atoms with van der Waals surface area (Å²) in [6.07, 6.45) is -0.724. The van der Waals surface area contributed by atoms with E-state index in [9.17, 15) is 52.3 Å². The fourth-order valence-corrected chi connectivity index (χ4v) is 9.51. The molecule has 0 radical (unpaired) electrons. The smallest absolute Gasteiger partial charge is 0.407 e. The number of carbonyl (C=O) groups excluding carboxylic acids is 10. The number of urea groups is 1. The van der Waals surface area contributed by atoms with E-state index in [1.165, 1.54) is 14.2 Å². The first kappa shape index (κ1) is 82.5. The van der Waals surface area contributed by atoms with Crippen molar-refractivity contribution in [3.8, 4) is 0 Å². The predicted octanol–water partition coefficient (Wildman–Crippen LogP) is -0.0750. The highest BCUT2D eigenvalue weighted by molar-refractivity contribution is 8.15. The molecule has 0 saturated carbocycles. The molecule has 1 aliphatic rings. The van der Waals surface area contributed by atoms with Crippen LogP contribution in [0.1, 0.15) is 64.0 Å². The molecular weight excluding hydrogens is 1290 g/mol. The van der Waals surface area contributed by atoms with Crippen molar-refractivity contribution in [2.45, 2.75) is 63.8 Å². The van der Waals surface area contributed by atoms with Gasteiger partial charge in [-0.2, -0.15) is 10.1 Å². The minimum Gasteiger partial charge on any atom is -0.447 e. The van der Waals surface area contributed by atoms with Gasteiger partial charge in [-0.3, -0.25) is 43.2 Å². The van der Waals surface area contributed by atoms with Crippen molar-refractivity contribution in [2.75, 3.05) is 179 Å². The van der Waals surface area contributed by atoms with Crippen LogP contribution in [0.4, 0.5) is 18.4 Å². The summed E-state index contributed by atoms with van der Waals surface area (Å²) in [5, 5.41) is 28.5. The zero-order valence-electron chi connectivity index (χ0n) is 55.4. The second-order valence-electron chi connectivity index (χ2n) is 21.9. The molecule has 0 aromatic heterocycles. The molecule has 0 saturated heterocycles. The molecule has 0 fully saturated rings. The number of nitrogens with one attached hydrogen (secondary N) is 9. The Morgan fingerprint density at radius 1 is 0.562 bits per heavy atom. The second kappa shape index (κ2) is 48.0. The molecule has 32 nitrogen and oxygen atoms in total. The highest BCUT2D eigenvalue weighted by atomic mass is 32.2. The van der Waals surface area contributed by atoms with Gasteiger partial charge in [0.15, 0.2) is 0 Å². The summed E-state index contributed by atoms with van der Waals surface area (Å²) in [6.45, 7) is 7.87. The Hall–Kier alpha value is -7.74. The summed E-state index contributed by atoms with van der Waals surface area (Å²) in [5.74, 6) is -6.73. The average molecular weight is 1390 g/mol. The number of thioether (sulfide) groups is 1. The van der Waals surface area contributed by atoms with E-state index in [0.29, 0.717) is 78.2 Å². The van der Waals surface area contributed by atoms with E-state index in [1.54, 1.807) is 37.4 Å². The lowest BCUT2D eigenvalue weighted by molar-refractivity contribution is -0.131. The molecule has 1 aliphatic heterocycles. The topological polar surface area (TPSA) is 390 Å². The summed E-state index contributed by atoms with van der Waals surface area (Å²) in [7, 11) is 4.25. The van der Waals surface area contributed by atoms with Gasteiger partial charge < -0.3 is 90.5 Å². The average Bonchev–Trinajstić information content (AvgIpc) is 1.58. The Balaban J connectivity index is 1.44. The standard InChI is InChI=1S/C61H94F2N12O20S/c1-60(2,3)38-51(78)65-19-15-50(77)68-39-52(79)69-40-53(80)70-41-54(81)71-42-55(82)72-48(56(83)66-21-22-88-25-26-90-29-30-92-33-34-94-36-35-93-32-31-91-28-27-89-24-23-86-5)43-95-58(84)67-20-16-49(76)64-18-10-17-61(44-11-8-7-9-12-44)75(59(85)74(4)87-6)73-57(96-61)46-37-45(62)13-14-47(46)63/h7-9,11-14,37,48H,10,15-36,38-43H2,1-6H3,(H,64,76)(H,65,78)(H,66,83)(H,67,84)(H,68,77)(H,69,79)(H,70,80)(H,71,81)(H,72,82)/t48?,61-/m0/s1. The van der Waals surface area contributed by atoms with Gasteiger partial charge in [0.2, 0.25) is 47.3 Å². The van der Waals surface area contributed by atoms with Crippen LogP contribution in [0.3, 0.4) is 0 Å². The number of hydrogen-bond donors (Lipinski definition) is 9. The number of benzene rings is 2. The van der Waals surface area contributed by atoms with Crippen molar-refractivity contribution in [2.24, 2.45) is 10.5 Å². The number of alkyl carbamates (subject to hydrolysis) is 1. The van der Waals surface area contributed by atoms with Crippen LogP contribution in [-0.4, -0.2) is 260 Å². The first-order chi connectivity index (χ1) is 46.1. The van der Waals surface area contributed by atoms with Crippen LogP contribution in [0.5, 0.6) is 0 Å². The third kappa shape index (κ3) is 35.8. The van der Waals surface area contributed by atoms with Crippen molar-refractivity contribution >= 4 is 76.2 Å². The molecule has 96 heavy (non-hydrogen) atoms. The van der Waals surface area contributed by atoms with Gasteiger partial charge in [-0.15, -0.1) is 0 Å². The minimum absolute atomic E-state index is 0.0142. The number of halogens is 2. The normalized spacial score (nSPS) is 13.8. The monoisotopic (exact) mass is 1380 g/mol. The Morgan fingerprint density at radius 3 is 1.56 bits per heavy atom. The highest BCUT2D eigenvalue weighted by Crippen LogP contribution is 2.51. The number of hydrazone groups is 1. The van der Waals surface area contributed by atoms with Crippen LogP contribution in [0.2, 0.25) is 0 Å². The Morgan fingerprint density at radius 2 is 1.04 bits per heavy atom. The van der Waals surface area contributed by atoms with Crippen LogP contribution in [-0.2, 0) is 90.7 Å². The quantitative estimate of drug-likeness (QED) is 0.0309. The maximum atomic E-state index is 15.1. The van der Waals surface area contributed by atoms with E-state index in [4.69, 9.17) is 47.5 Å². The van der Waals surface area contributed by atoms with E-state index < -0.39 is 109 Å². The molecule has 9 N–H and O–H groups in total. The molecule has 0 bridgehead atoms. The molecule has 35 heteroatoms. The molecule has 2 aromatic carbocycles. The van der Waals surface area contributed by atoms with Crippen molar-refractivity contribution in [1.29, 1.82) is 0 Å². The SMILES string of the molecule is COCCOCCOCCOCCOCCOCCOCCOCCNC(=O)C(COC(=O)NCCC(=O)NCCC[C@@]1(c2ccccc2)SC(c2cc(F)ccc2F)=NN1C(=O)N(C)OC)NC(=O)CNC(=O)CNC(=O)CNC(=O)CNC(=O)CCNC(=O)CC(C)(C)C. The summed E-state index contributed by atoms with van der Waals surface area (Å²) in [6, 6.07) is 9.43. The van der Waals surface area contributed by atoms with Crippen LogP contribution >= 0.6 is 11.8 Å². The van der Waals surface area contributed by atoms with Gasteiger partial charge >= 0.3 is 12.1 Å². The van der Waals surface area contributed by atoms with E-state index in [-0.39, 0.29) is 107 Å². The van der Waals surface area contributed by atoms with Gasteiger partial charge in [0.1, 0.15) is 34.2 Å². The van der Waals surface area contributed by atoms with Crippen LogP contribution in [0, 0.1) is 17.0 Å². The first-order valence-corrected chi connectivity index (χ1v) is 31.9. The fraction of sp³-hybridized carbons (Fsp3) is 0.623. The number of carbonyl (C=O) groups is 10. The zero-order chi connectivity index (χ0) is 70.4.